The summed E-state index contributed by atoms with van der Waals surface area (Å²) in [6.07, 6.45) is -0.162. The summed E-state index contributed by atoms with van der Waals surface area (Å²) in [6, 6.07) is 5.64. The van der Waals surface area contributed by atoms with Crippen LogP contribution in [0.5, 0.6) is 0 Å². The summed E-state index contributed by atoms with van der Waals surface area (Å²) in [5, 5.41) is 2.71. The first-order chi connectivity index (χ1) is 8.97. The molecule has 2 rings (SSSR count). The molecule has 100 valence electrons. The van der Waals surface area contributed by atoms with Gasteiger partial charge >= 0.3 is 0 Å². The summed E-state index contributed by atoms with van der Waals surface area (Å²) >= 11 is 0. The van der Waals surface area contributed by atoms with Gasteiger partial charge in [0, 0.05) is 12.1 Å². The van der Waals surface area contributed by atoms with Crippen LogP contribution in [-0.2, 0) is 14.4 Å². The first-order valence-corrected chi connectivity index (χ1v) is 5.94. The predicted octanol–water partition coefficient (Wildman–Crippen LogP) is 0.409. The standard InChI is InChI=1S/C13H15N3O3/c1-7-3-4-10(8(2)5-7)14-11(17)6-9-12(18)15-16-13(9)19/h3-5,9H,6H2,1-2H3,(H,14,17)(H,15,18)(H,16,19). The molecule has 0 radical (unpaired) electrons. The summed E-state index contributed by atoms with van der Waals surface area (Å²) in [6.45, 7) is 3.85. The van der Waals surface area contributed by atoms with E-state index in [1.54, 1.807) is 6.07 Å². The Morgan fingerprint density at radius 1 is 1.21 bits per heavy atom. The Morgan fingerprint density at radius 2 is 1.84 bits per heavy atom. The zero-order valence-electron chi connectivity index (χ0n) is 10.7. The molecule has 6 nitrogen and oxygen atoms in total. The van der Waals surface area contributed by atoms with Crippen LogP contribution in [0.4, 0.5) is 5.69 Å². The van der Waals surface area contributed by atoms with E-state index in [1.807, 2.05) is 26.0 Å². The van der Waals surface area contributed by atoms with Crippen molar-refractivity contribution in [1.82, 2.24) is 10.9 Å². The number of rotatable bonds is 3. The monoisotopic (exact) mass is 261 g/mol. The van der Waals surface area contributed by atoms with Crippen molar-refractivity contribution in [3.8, 4) is 0 Å². The fraction of sp³-hybridized carbons (Fsp3) is 0.308. The maximum absolute atomic E-state index is 11.8. The third kappa shape index (κ3) is 2.90. The van der Waals surface area contributed by atoms with Gasteiger partial charge in [-0.2, -0.15) is 0 Å². The quantitative estimate of drug-likeness (QED) is 0.689. The van der Waals surface area contributed by atoms with Crippen molar-refractivity contribution >= 4 is 23.4 Å². The van der Waals surface area contributed by atoms with Crippen LogP contribution >= 0.6 is 0 Å². The highest BCUT2D eigenvalue weighted by atomic mass is 16.2. The topological polar surface area (TPSA) is 87.3 Å². The summed E-state index contributed by atoms with van der Waals surface area (Å²) in [5.74, 6) is -2.25. The SMILES string of the molecule is Cc1ccc(NC(=O)CC2C(=O)NNC2=O)c(C)c1. The van der Waals surface area contributed by atoms with E-state index in [0.29, 0.717) is 5.69 Å². The van der Waals surface area contributed by atoms with Crippen molar-refractivity contribution in [1.29, 1.82) is 0 Å². The van der Waals surface area contributed by atoms with Crippen LogP contribution in [0.15, 0.2) is 18.2 Å². The molecule has 0 aliphatic carbocycles. The van der Waals surface area contributed by atoms with Gasteiger partial charge in [0.1, 0.15) is 5.92 Å². The van der Waals surface area contributed by atoms with Gasteiger partial charge in [0.2, 0.25) is 5.91 Å². The Balaban J connectivity index is 2.01. The molecule has 0 spiro atoms. The van der Waals surface area contributed by atoms with Gasteiger partial charge in [0.15, 0.2) is 0 Å². The molecule has 1 saturated heterocycles. The number of anilines is 1. The van der Waals surface area contributed by atoms with E-state index in [2.05, 4.69) is 16.2 Å². The van der Waals surface area contributed by atoms with Crippen molar-refractivity contribution in [2.24, 2.45) is 5.92 Å². The van der Waals surface area contributed by atoms with Crippen LogP contribution in [0.2, 0.25) is 0 Å². The van der Waals surface area contributed by atoms with Gasteiger partial charge in [-0.25, -0.2) is 0 Å². The highest BCUT2D eigenvalue weighted by Gasteiger charge is 2.34. The molecule has 6 heteroatoms. The van der Waals surface area contributed by atoms with E-state index in [9.17, 15) is 14.4 Å². The molecule has 0 saturated carbocycles. The normalized spacial score (nSPS) is 15.1. The first kappa shape index (κ1) is 13.1. The number of hydrazine groups is 1. The number of hydrogen-bond donors (Lipinski definition) is 3. The second-order valence-corrected chi connectivity index (χ2v) is 4.60. The fourth-order valence-electron chi connectivity index (χ4n) is 1.94. The minimum atomic E-state index is -0.953. The van der Waals surface area contributed by atoms with Gasteiger partial charge < -0.3 is 5.32 Å². The molecule has 1 heterocycles. The van der Waals surface area contributed by atoms with Crippen LogP contribution in [0.25, 0.3) is 0 Å². The lowest BCUT2D eigenvalue weighted by atomic mass is 10.0. The van der Waals surface area contributed by atoms with E-state index in [1.165, 1.54) is 0 Å². The number of amides is 3. The van der Waals surface area contributed by atoms with Crippen molar-refractivity contribution in [2.75, 3.05) is 5.32 Å². The third-order valence-electron chi connectivity index (χ3n) is 2.99. The molecule has 19 heavy (non-hydrogen) atoms. The largest absolute Gasteiger partial charge is 0.326 e. The van der Waals surface area contributed by atoms with Crippen LogP contribution in [0, 0.1) is 19.8 Å². The van der Waals surface area contributed by atoms with Gasteiger partial charge in [0.05, 0.1) is 0 Å². The average molecular weight is 261 g/mol. The van der Waals surface area contributed by atoms with Gasteiger partial charge in [0.25, 0.3) is 11.8 Å². The average Bonchev–Trinajstić information content (AvgIpc) is 2.65. The molecule has 0 atom stereocenters. The second kappa shape index (κ2) is 5.09. The molecule has 1 aliphatic heterocycles. The van der Waals surface area contributed by atoms with Gasteiger partial charge in [-0.15, -0.1) is 0 Å². The van der Waals surface area contributed by atoms with E-state index >= 15 is 0 Å². The van der Waals surface area contributed by atoms with Crippen LogP contribution in [0.3, 0.4) is 0 Å². The second-order valence-electron chi connectivity index (χ2n) is 4.60. The number of nitrogens with one attached hydrogen (secondary N) is 3. The Bertz CT molecular complexity index is 538. The van der Waals surface area contributed by atoms with E-state index in [0.717, 1.165) is 11.1 Å². The van der Waals surface area contributed by atoms with E-state index in [4.69, 9.17) is 0 Å². The van der Waals surface area contributed by atoms with Gasteiger partial charge in [-0.05, 0) is 25.5 Å². The molecular weight excluding hydrogens is 246 g/mol. The number of aryl methyl sites for hydroxylation is 2. The van der Waals surface area contributed by atoms with E-state index in [-0.39, 0.29) is 12.3 Å². The van der Waals surface area contributed by atoms with Crippen LogP contribution < -0.4 is 16.2 Å². The van der Waals surface area contributed by atoms with Gasteiger partial charge in [-0.3, -0.25) is 25.2 Å². The molecule has 3 N–H and O–H groups in total. The Morgan fingerprint density at radius 3 is 2.42 bits per heavy atom. The molecule has 0 bridgehead atoms. The predicted molar refractivity (Wildman–Crippen MR) is 68.9 cm³/mol. The summed E-state index contributed by atoms with van der Waals surface area (Å²) in [7, 11) is 0. The Labute approximate surface area is 110 Å². The van der Waals surface area contributed by atoms with Gasteiger partial charge in [-0.1, -0.05) is 17.7 Å². The van der Waals surface area contributed by atoms with E-state index < -0.39 is 17.7 Å². The zero-order valence-corrected chi connectivity index (χ0v) is 10.7. The number of carbonyl (C=O) groups is 3. The minimum absolute atomic E-state index is 0.162. The highest BCUT2D eigenvalue weighted by molar-refractivity contribution is 6.09. The first-order valence-electron chi connectivity index (χ1n) is 5.94. The lowest BCUT2D eigenvalue weighted by Crippen LogP contribution is -2.28. The molecular formula is C13H15N3O3. The minimum Gasteiger partial charge on any atom is -0.326 e. The Hall–Kier alpha value is -2.37. The third-order valence-corrected chi connectivity index (χ3v) is 2.99. The van der Waals surface area contributed by atoms with Crippen LogP contribution in [0.1, 0.15) is 17.5 Å². The summed E-state index contributed by atoms with van der Waals surface area (Å²) < 4.78 is 0. The fourth-order valence-corrected chi connectivity index (χ4v) is 1.94. The summed E-state index contributed by atoms with van der Waals surface area (Å²) in [4.78, 5) is 34.4. The zero-order chi connectivity index (χ0) is 14.0. The molecule has 3 amide bonds. The van der Waals surface area contributed by atoms with Crippen molar-refractivity contribution in [2.45, 2.75) is 20.3 Å². The van der Waals surface area contributed by atoms with Crippen molar-refractivity contribution < 1.29 is 14.4 Å². The number of benzene rings is 1. The maximum atomic E-state index is 11.8. The smallest absolute Gasteiger partial charge is 0.251 e. The maximum Gasteiger partial charge on any atom is 0.251 e. The number of hydrogen-bond acceptors (Lipinski definition) is 3. The number of carbonyl (C=O) groups excluding carboxylic acids is 3. The molecule has 1 aromatic carbocycles. The molecule has 0 aromatic heterocycles. The summed E-state index contributed by atoms with van der Waals surface area (Å²) in [5.41, 5.74) is 7.11. The van der Waals surface area contributed by atoms with Crippen molar-refractivity contribution in [3.05, 3.63) is 29.3 Å². The van der Waals surface area contributed by atoms with Crippen molar-refractivity contribution in [3.63, 3.8) is 0 Å². The lowest BCUT2D eigenvalue weighted by molar-refractivity contribution is -0.131. The van der Waals surface area contributed by atoms with Crippen LogP contribution in [-0.4, -0.2) is 17.7 Å². The molecule has 0 unspecified atom stereocenters. The highest BCUT2D eigenvalue weighted by Crippen LogP contribution is 2.17. The molecule has 1 fully saturated rings. The lowest BCUT2D eigenvalue weighted by Gasteiger charge is -2.10. The Kier molecular flexibility index (Phi) is 3.50. The molecule has 1 aromatic rings. The molecule has 1 aliphatic rings.